The van der Waals surface area contributed by atoms with Crippen molar-refractivity contribution in [2.45, 2.75) is 26.7 Å². The molecule has 5 heteroatoms. The van der Waals surface area contributed by atoms with Gasteiger partial charge in [0.25, 0.3) is 0 Å². The molecular formula is C12H23N5. The summed E-state index contributed by atoms with van der Waals surface area (Å²) in [7, 11) is 2.05. The fraction of sp³-hybridized carbons (Fsp3) is 0.667. The highest BCUT2D eigenvalue weighted by Gasteiger charge is 2.05. The van der Waals surface area contributed by atoms with Gasteiger partial charge in [0.05, 0.1) is 0 Å². The molecule has 0 saturated carbocycles. The Balaban J connectivity index is 2.71. The van der Waals surface area contributed by atoms with Crippen LogP contribution in [-0.2, 0) is 0 Å². The number of aryl methyl sites for hydroxylation is 1. The second-order valence-corrected chi connectivity index (χ2v) is 4.15. The van der Waals surface area contributed by atoms with Gasteiger partial charge in [-0.3, -0.25) is 0 Å². The average Bonchev–Trinajstić information content (AvgIpc) is 2.29. The van der Waals surface area contributed by atoms with E-state index in [1.54, 1.807) is 0 Å². The Bertz CT molecular complexity index is 340. The van der Waals surface area contributed by atoms with Crippen molar-refractivity contribution in [1.29, 1.82) is 0 Å². The highest BCUT2D eigenvalue weighted by Crippen LogP contribution is 2.14. The summed E-state index contributed by atoms with van der Waals surface area (Å²) in [4.78, 5) is 10.9. The summed E-state index contributed by atoms with van der Waals surface area (Å²) < 4.78 is 0. The van der Waals surface area contributed by atoms with Gasteiger partial charge in [-0.1, -0.05) is 6.92 Å². The lowest BCUT2D eigenvalue weighted by Gasteiger charge is -2.18. The van der Waals surface area contributed by atoms with Crippen LogP contribution in [0.15, 0.2) is 6.07 Å². The highest BCUT2D eigenvalue weighted by atomic mass is 15.2. The van der Waals surface area contributed by atoms with Gasteiger partial charge >= 0.3 is 0 Å². The van der Waals surface area contributed by atoms with Gasteiger partial charge in [0.1, 0.15) is 17.5 Å². The van der Waals surface area contributed by atoms with Crippen LogP contribution in [0.4, 0.5) is 11.6 Å². The molecule has 5 nitrogen and oxygen atoms in total. The highest BCUT2D eigenvalue weighted by molar-refractivity contribution is 5.48. The number of anilines is 2. The van der Waals surface area contributed by atoms with E-state index in [1.165, 1.54) is 0 Å². The van der Waals surface area contributed by atoms with Crippen molar-refractivity contribution < 1.29 is 0 Å². The van der Waals surface area contributed by atoms with Crippen LogP contribution in [0.3, 0.4) is 0 Å². The SMILES string of the molecule is CCCN(C)c1cc(NCCCN)nc(C)n1. The van der Waals surface area contributed by atoms with Gasteiger partial charge in [0.15, 0.2) is 0 Å². The predicted molar refractivity (Wildman–Crippen MR) is 72.5 cm³/mol. The summed E-state index contributed by atoms with van der Waals surface area (Å²) in [6.45, 7) is 6.62. The van der Waals surface area contributed by atoms with Crippen molar-refractivity contribution in [3.8, 4) is 0 Å². The third kappa shape index (κ3) is 4.56. The summed E-state index contributed by atoms with van der Waals surface area (Å²) in [5.41, 5.74) is 5.46. The van der Waals surface area contributed by atoms with E-state index in [-0.39, 0.29) is 0 Å². The van der Waals surface area contributed by atoms with E-state index in [2.05, 4.69) is 34.2 Å². The van der Waals surface area contributed by atoms with E-state index in [9.17, 15) is 0 Å². The summed E-state index contributed by atoms with van der Waals surface area (Å²) in [6.07, 6.45) is 2.05. The molecule has 0 atom stereocenters. The van der Waals surface area contributed by atoms with Gasteiger partial charge in [-0.05, 0) is 26.3 Å². The molecule has 0 spiro atoms. The van der Waals surface area contributed by atoms with E-state index >= 15 is 0 Å². The molecule has 96 valence electrons. The van der Waals surface area contributed by atoms with Crippen molar-refractivity contribution in [3.05, 3.63) is 11.9 Å². The second-order valence-electron chi connectivity index (χ2n) is 4.15. The molecule has 1 rings (SSSR count). The number of hydrogen-bond acceptors (Lipinski definition) is 5. The Morgan fingerprint density at radius 2 is 2.18 bits per heavy atom. The minimum atomic E-state index is 0.694. The second kappa shape index (κ2) is 7.06. The molecule has 0 radical (unpaired) electrons. The summed E-state index contributed by atoms with van der Waals surface area (Å²) in [5.74, 6) is 2.64. The smallest absolute Gasteiger partial charge is 0.134 e. The maximum Gasteiger partial charge on any atom is 0.134 e. The number of nitrogens with two attached hydrogens (primary N) is 1. The molecule has 0 amide bonds. The van der Waals surface area contributed by atoms with Crippen molar-refractivity contribution in [3.63, 3.8) is 0 Å². The Morgan fingerprint density at radius 3 is 2.82 bits per heavy atom. The Morgan fingerprint density at radius 1 is 1.41 bits per heavy atom. The number of rotatable bonds is 7. The van der Waals surface area contributed by atoms with Crippen LogP contribution in [0.1, 0.15) is 25.6 Å². The fourth-order valence-electron chi connectivity index (χ4n) is 1.61. The van der Waals surface area contributed by atoms with Gasteiger partial charge in [0.2, 0.25) is 0 Å². The number of nitrogens with zero attached hydrogens (tertiary/aromatic N) is 3. The minimum absolute atomic E-state index is 0.694. The molecule has 0 bridgehead atoms. The standard InChI is InChI=1S/C12H23N5/c1-4-8-17(3)12-9-11(14-7-5-6-13)15-10(2)16-12/h9H,4-8,13H2,1-3H3,(H,14,15,16). The van der Waals surface area contributed by atoms with Crippen LogP contribution >= 0.6 is 0 Å². The summed E-state index contributed by atoms with van der Waals surface area (Å²) >= 11 is 0. The molecule has 3 N–H and O–H groups in total. The average molecular weight is 237 g/mol. The molecule has 0 fully saturated rings. The molecule has 0 saturated heterocycles. The van der Waals surface area contributed by atoms with Crippen LogP contribution in [-0.4, -0.2) is 36.6 Å². The van der Waals surface area contributed by atoms with Crippen molar-refractivity contribution in [2.75, 3.05) is 36.9 Å². The van der Waals surface area contributed by atoms with E-state index < -0.39 is 0 Å². The molecule has 0 unspecified atom stereocenters. The van der Waals surface area contributed by atoms with Gasteiger partial charge in [0, 0.05) is 26.2 Å². The maximum atomic E-state index is 5.46. The lowest BCUT2D eigenvalue weighted by molar-refractivity contribution is 0.826. The molecular weight excluding hydrogens is 214 g/mol. The first-order valence-corrected chi connectivity index (χ1v) is 6.18. The maximum absolute atomic E-state index is 5.46. The van der Waals surface area contributed by atoms with Gasteiger partial charge < -0.3 is 16.0 Å². The lowest BCUT2D eigenvalue weighted by atomic mass is 10.4. The molecule has 0 aliphatic heterocycles. The summed E-state index contributed by atoms with van der Waals surface area (Å²) in [5, 5.41) is 3.27. The predicted octanol–water partition coefficient (Wildman–Crippen LogP) is 1.39. The lowest BCUT2D eigenvalue weighted by Crippen LogP contribution is -2.20. The molecule has 17 heavy (non-hydrogen) atoms. The van der Waals surface area contributed by atoms with E-state index in [0.717, 1.165) is 43.4 Å². The molecule has 1 aromatic rings. The van der Waals surface area contributed by atoms with Crippen molar-refractivity contribution >= 4 is 11.6 Å². The first-order valence-electron chi connectivity index (χ1n) is 6.18. The van der Waals surface area contributed by atoms with E-state index in [1.807, 2.05) is 13.0 Å². The Hall–Kier alpha value is -1.36. The van der Waals surface area contributed by atoms with Crippen LogP contribution in [0, 0.1) is 6.92 Å². The van der Waals surface area contributed by atoms with Crippen molar-refractivity contribution in [1.82, 2.24) is 9.97 Å². The van der Waals surface area contributed by atoms with Crippen molar-refractivity contribution in [2.24, 2.45) is 5.73 Å². The first-order chi connectivity index (χ1) is 8.17. The van der Waals surface area contributed by atoms with Crippen LogP contribution in [0.5, 0.6) is 0 Å². The van der Waals surface area contributed by atoms with Gasteiger partial charge in [-0.25, -0.2) is 9.97 Å². The molecule has 1 aromatic heterocycles. The zero-order valence-electron chi connectivity index (χ0n) is 11.0. The summed E-state index contributed by atoms with van der Waals surface area (Å²) in [6, 6.07) is 1.99. The monoisotopic (exact) mass is 237 g/mol. The minimum Gasteiger partial charge on any atom is -0.370 e. The topological polar surface area (TPSA) is 67.1 Å². The molecule has 1 heterocycles. The van der Waals surface area contributed by atoms with E-state index in [4.69, 9.17) is 5.73 Å². The first kappa shape index (κ1) is 13.7. The fourth-order valence-corrected chi connectivity index (χ4v) is 1.61. The zero-order chi connectivity index (χ0) is 12.7. The number of nitrogens with one attached hydrogen (secondary N) is 1. The number of aromatic nitrogens is 2. The molecule has 0 aromatic carbocycles. The molecule has 0 aliphatic carbocycles. The van der Waals surface area contributed by atoms with Crippen LogP contribution < -0.4 is 16.0 Å². The third-order valence-electron chi connectivity index (χ3n) is 2.46. The van der Waals surface area contributed by atoms with E-state index in [0.29, 0.717) is 6.54 Å². The molecule has 0 aliphatic rings. The Kier molecular flexibility index (Phi) is 5.69. The normalized spacial score (nSPS) is 10.4. The largest absolute Gasteiger partial charge is 0.370 e. The van der Waals surface area contributed by atoms with Gasteiger partial charge in [-0.15, -0.1) is 0 Å². The third-order valence-corrected chi connectivity index (χ3v) is 2.46. The van der Waals surface area contributed by atoms with Crippen LogP contribution in [0.25, 0.3) is 0 Å². The number of hydrogen-bond donors (Lipinski definition) is 2. The van der Waals surface area contributed by atoms with Gasteiger partial charge in [-0.2, -0.15) is 0 Å². The van der Waals surface area contributed by atoms with Crippen LogP contribution in [0.2, 0.25) is 0 Å². The Labute approximate surface area is 103 Å². The zero-order valence-corrected chi connectivity index (χ0v) is 11.0. The quantitative estimate of drug-likeness (QED) is 0.702.